The van der Waals surface area contributed by atoms with Crippen molar-refractivity contribution in [3.8, 4) is 0 Å². The molecule has 1 atom stereocenters. The summed E-state index contributed by atoms with van der Waals surface area (Å²) in [5.41, 5.74) is 3.56. The molecule has 0 nitrogen and oxygen atoms in total. The lowest BCUT2D eigenvalue weighted by atomic mass is 9.80. The molecule has 2 aromatic carbocycles. The number of benzene rings is 2. The first-order valence-electron chi connectivity index (χ1n) is 6.36. The number of rotatable bonds is 1. The Morgan fingerprint density at radius 2 is 1.79 bits per heavy atom. The first kappa shape index (κ1) is 12.8. The van der Waals surface area contributed by atoms with Crippen LogP contribution in [0.25, 0.3) is 0 Å². The Bertz CT molecular complexity index is 622. The van der Waals surface area contributed by atoms with Crippen molar-refractivity contribution in [2.45, 2.75) is 25.2 Å². The quantitative estimate of drug-likeness (QED) is 0.693. The van der Waals surface area contributed by atoms with Crippen molar-refractivity contribution in [3.05, 3.63) is 69.2 Å². The van der Waals surface area contributed by atoms with E-state index in [4.69, 9.17) is 0 Å². The zero-order chi connectivity index (χ0) is 13.4. The maximum atomic E-state index is 13.3. The van der Waals surface area contributed by atoms with Crippen molar-refractivity contribution in [2.24, 2.45) is 0 Å². The van der Waals surface area contributed by atoms with Gasteiger partial charge in [-0.05, 0) is 66.1 Å². The second-order valence-electron chi connectivity index (χ2n) is 5.03. The van der Waals surface area contributed by atoms with Gasteiger partial charge in [0, 0.05) is 4.47 Å². The zero-order valence-electron chi connectivity index (χ0n) is 10.3. The van der Waals surface area contributed by atoms with Crippen LogP contribution in [0.2, 0.25) is 0 Å². The van der Waals surface area contributed by atoms with Gasteiger partial charge in [-0.1, -0.05) is 28.1 Å². The molecule has 0 N–H and O–H groups in total. The van der Waals surface area contributed by atoms with Crippen molar-refractivity contribution in [1.29, 1.82) is 0 Å². The Morgan fingerprint density at radius 3 is 2.58 bits per heavy atom. The smallest absolute Gasteiger partial charge is 0.159 e. The number of hydrogen-bond donors (Lipinski definition) is 0. The Hall–Kier alpha value is -1.22. The highest BCUT2D eigenvalue weighted by Gasteiger charge is 2.21. The van der Waals surface area contributed by atoms with E-state index in [0.717, 1.165) is 29.3 Å². The molecule has 3 heteroatoms. The highest BCUT2D eigenvalue weighted by Crippen LogP contribution is 2.34. The lowest BCUT2D eigenvalue weighted by Gasteiger charge is -2.25. The third kappa shape index (κ3) is 2.57. The summed E-state index contributed by atoms with van der Waals surface area (Å²) in [5, 5.41) is 0. The van der Waals surface area contributed by atoms with Gasteiger partial charge in [0.2, 0.25) is 0 Å². The van der Waals surface area contributed by atoms with Gasteiger partial charge in [0.15, 0.2) is 11.6 Å². The number of aryl methyl sites for hydroxylation is 1. The van der Waals surface area contributed by atoms with Crippen LogP contribution < -0.4 is 0 Å². The molecule has 3 rings (SSSR count). The van der Waals surface area contributed by atoms with Gasteiger partial charge in [-0.3, -0.25) is 0 Å². The van der Waals surface area contributed by atoms with Crippen LogP contribution in [0, 0.1) is 11.6 Å². The molecule has 0 amide bonds. The van der Waals surface area contributed by atoms with Gasteiger partial charge in [0.1, 0.15) is 0 Å². The van der Waals surface area contributed by atoms with Crippen LogP contribution in [0.4, 0.5) is 8.78 Å². The Kier molecular flexibility index (Phi) is 3.40. The minimum Gasteiger partial charge on any atom is -0.204 e. The third-order valence-corrected chi connectivity index (χ3v) is 4.31. The largest absolute Gasteiger partial charge is 0.204 e. The fourth-order valence-electron chi connectivity index (χ4n) is 2.77. The molecule has 0 bridgehead atoms. The fourth-order valence-corrected chi connectivity index (χ4v) is 3.18. The predicted octanol–water partition coefficient (Wildman–Crippen LogP) is 5.00. The summed E-state index contributed by atoms with van der Waals surface area (Å²) >= 11 is 3.48. The highest BCUT2D eigenvalue weighted by molar-refractivity contribution is 9.10. The van der Waals surface area contributed by atoms with Crippen LogP contribution in [-0.2, 0) is 12.8 Å². The molecule has 0 saturated heterocycles. The third-order valence-electron chi connectivity index (χ3n) is 3.81. The summed E-state index contributed by atoms with van der Waals surface area (Å²) in [6, 6.07) is 10.6. The topological polar surface area (TPSA) is 0 Å². The molecular weight excluding hydrogens is 310 g/mol. The Morgan fingerprint density at radius 1 is 0.947 bits per heavy atom. The van der Waals surface area contributed by atoms with E-state index in [-0.39, 0.29) is 5.92 Å². The van der Waals surface area contributed by atoms with Gasteiger partial charge < -0.3 is 0 Å². The molecule has 0 fully saturated rings. The molecule has 0 aliphatic heterocycles. The van der Waals surface area contributed by atoms with Gasteiger partial charge in [-0.15, -0.1) is 0 Å². The second kappa shape index (κ2) is 5.04. The predicted molar refractivity (Wildman–Crippen MR) is 75.3 cm³/mol. The number of hydrogen-bond acceptors (Lipinski definition) is 0. The van der Waals surface area contributed by atoms with Crippen LogP contribution in [0.3, 0.4) is 0 Å². The SMILES string of the molecule is Fc1ccc(C2CCc3cc(Br)ccc3C2)cc1F. The van der Waals surface area contributed by atoms with Crippen molar-refractivity contribution in [1.82, 2.24) is 0 Å². The maximum absolute atomic E-state index is 13.3. The minimum atomic E-state index is -0.774. The average molecular weight is 323 g/mol. The van der Waals surface area contributed by atoms with Gasteiger partial charge in [0.25, 0.3) is 0 Å². The van der Waals surface area contributed by atoms with E-state index >= 15 is 0 Å². The zero-order valence-corrected chi connectivity index (χ0v) is 11.9. The monoisotopic (exact) mass is 322 g/mol. The van der Waals surface area contributed by atoms with E-state index in [2.05, 4.69) is 28.1 Å². The first-order valence-corrected chi connectivity index (χ1v) is 7.15. The summed E-state index contributed by atoms with van der Waals surface area (Å²) in [6.07, 6.45) is 2.86. The van der Waals surface area contributed by atoms with Gasteiger partial charge in [0.05, 0.1) is 0 Å². The van der Waals surface area contributed by atoms with E-state index < -0.39 is 11.6 Å². The molecule has 1 aliphatic carbocycles. The average Bonchev–Trinajstić information content (AvgIpc) is 2.41. The summed E-state index contributed by atoms with van der Waals surface area (Å²) in [6.45, 7) is 0. The Labute approximate surface area is 119 Å². The first-order chi connectivity index (χ1) is 9.13. The Balaban J connectivity index is 1.89. The molecule has 98 valence electrons. The molecule has 0 aromatic heterocycles. The lowest BCUT2D eigenvalue weighted by Crippen LogP contribution is -2.13. The van der Waals surface area contributed by atoms with Crippen LogP contribution in [0.1, 0.15) is 29.0 Å². The van der Waals surface area contributed by atoms with Crippen LogP contribution in [0.15, 0.2) is 40.9 Å². The number of fused-ring (bicyclic) bond motifs is 1. The van der Waals surface area contributed by atoms with Crippen LogP contribution in [-0.4, -0.2) is 0 Å². The lowest BCUT2D eigenvalue weighted by molar-refractivity contribution is 0.501. The van der Waals surface area contributed by atoms with E-state index in [0.29, 0.717) is 0 Å². The fraction of sp³-hybridized carbons (Fsp3) is 0.250. The normalized spacial score (nSPS) is 18.2. The van der Waals surface area contributed by atoms with Crippen molar-refractivity contribution in [2.75, 3.05) is 0 Å². The molecule has 0 heterocycles. The van der Waals surface area contributed by atoms with E-state index in [1.54, 1.807) is 6.07 Å². The molecule has 0 saturated carbocycles. The molecule has 19 heavy (non-hydrogen) atoms. The molecule has 1 unspecified atom stereocenters. The van der Waals surface area contributed by atoms with Crippen molar-refractivity contribution in [3.63, 3.8) is 0 Å². The van der Waals surface area contributed by atoms with Gasteiger partial charge in [-0.25, -0.2) is 8.78 Å². The van der Waals surface area contributed by atoms with Crippen LogP contribution >= 0.6 is 15.9 Å². The summed E-state index contributed by atoms with van der Waals surface area (Å²) in [4.78, 5) is 0. The summed E-state index contributed by atoms with van der Waals surface area (Å²) < 4.78 is 27.4. The van der Waals surface area contributed by atoms with Crippen molar-refractivity contribution >= 4 is 15.9 Å². The van der Waals surface area contributed by atoms with Crippen LogP contribution in [0.5, 0.6) is 0 Å². The van der Waals surface area contributed by atoms with Gasteiger partial charge >= 0.3 is 0 Å². The van der Waals surface area contributed by atoms with Crippen molar-refractivity contribution < 1.29 is 8.78 Å². The van der Waals surface area contributed by atoms with E-state index in [1.165, 1.54) is 23.3 Å². The second-order valence-corrected chi connectivity index (χ2v) is 5.94. The van der Waals surface area contributed by atoms with E-state index in [9.17, 15) is 8.78 Å². The highest BCUT2D eigenvalue weighted by atomic mass is 79.9. The standard InChI is InChI=1S/C16H13BrF2/c17-14-5-3-11-7-10(1-2-12(11)8-14)13-4-6-15(18)16(19)9-13/h3-6,8-10H,1-2,7H2. The minimum absolute atomic E-state index is 0.281. The molecule has 1 aliphatic rings. The molecular formula is C16H13BrF2. The van der Waals surface area contributed by atoms with E-state index in [1.807, 2.05) is 6.07 Å². The molecule has 2 aromatic rings. The maximum Gasteiger partial charge on any atom is 0.159 e. The molecule has 0 radical (unpaired) electrons. The summed E-state index contributed by atoms with van der Waals surface area (Å²) in [7, 11) is 0. The molecule has 0 spiro atoms. The number of halogens is 3. The summed E-state index contributed by atoms with van der Waals surface area (Å²) in [5.74, 6) is -1.24. The van der Waals surface area contributed by atoms with Gasteiger partial charge in [-0.2, -0.15) is 0 Å².